The number of nitrogens with two attached hydrogens (primary N) is 1. The molecule has 0 unspecified atom stereocenters. The maximum absolute atomic E-state index is 11.5. The first kappa shape index (κ1) is 16.3. The second-order valence-electron chi connectivity index (χ2n) is 5.56. The second kappa shape index (κ2) is 6.14. The summed E-state index contributed by atoms with van der Waals surface area (Å²) in [7, 11) is 2.11. The molecular weight excluding hydrogens is 438 g/mol. The van der Waals surface area contributed by atoms with Crippen LogP contribution in [0.1, 0.15) is 29.4 Å². The minimum atomic E-state index is -0.592. The molecule has 0 radical (unpaired) electrons. The van der Waals surface area contributed by atoms with Crippen molar-refractivity contribution in [3.63, 3.8) is 0 Å². The number of hydrogen-bond donors (Lipinski definition) is 1. The van der Waals surface area contributed by atoms with Gasteiger partial charge in [0.2, 0.25) is 0 Å². The Morgan fingerprint density at radius 3 is 2.64 bits per heavy atom. The summed E-state index contributed by atoms with van der Waals surface area (Å²) in [5.74, 6) is -0.592. The van der Waals surface area contributed by atoms with Gasteiger partial charge in [0.15, 0.2) is 0 Å². The van der Waals surface area contributed by atoms with Crippen molar-refractivity contribution in [2.45, 2.75) is 18.9 Å². The number of carbonyl (C=O) groups is 1. The van der Waals surface area contributed by atoms with Crippen LogP contribution in [0.3, 0.4) is 0 Å². The molecule has 0 bridgehead atoms. The Bertz CT molecular complexity index is 753. The van der Waals surface area contributed by atoms with E-state index in [1.165, 1.54) is 6.07 Å². The van der Waals surface area contributed by atoms with Crippen molar-refractivity contribution >= 4 is 62.7 Å². The van der Waals surface area contributed by atoms with E-state index >= 15 is 0 Å². The Morgan fingerprint density at radius 1 is 1.41 bits per heavy atom. The summed E-state index contributed by atoms with van der Waals surface area (Å²) in [6.07, 6.45) is 2.01. The maximum atomic E-state index is 11.5. The third kappa shape index (κ3) is 2.70. The fourth-order valence-electron chi connectivity index (χ4n) is 2.89. The van der Waals surface area contributed by atoms with E-state index < -0.39 is 5.91 Å². The largest absolute Gasteiger partial charge is 0.364 e. The molecule has 1 saturated heterocycles. The van der Waals surface area contributed by atoms with Gasteiger partial charge in [-0.25, -0.2) is 4.98 Å². The summed E-state index contributed by atoms with van der Waals surface area (Å²) < 4.78 is 3.00. The second-order valence-corrected chi connectivity index (χ2v) is 7.37. The number of aromatic nitrogens is 2. The Labute approximate surface area is 151 Å². The van der Waals surface area contributed by atoms with E-state index in [-0.39, 0.29) is 5.69 Å². The Balaban J connectivity index is 2.20. The van der Waals surface area contributed by atoms with Crippen LogP contribution in [0.2, 0.25) is 10.0 Å². The summed E-state index contributed by atoms with van der Waals surface area (Å²) in [6, 6.07) is 1.78. The number of pyridine rings is 1. The lowest BCUT2D eigenvalue weighted by molar-refractivity contribution is 0.0996. The fourth-order valence-corrected chi connectivity index (χ4v) is 4.39. The van der Waals surface area contributed by atoms with Crippen molar-refractivity contribution in [2.24, 2.45) is 5.73 Å². The molecule has 118 valence electrons. The van der Waals surface area contributed by atoms with Gasteiger partial charge in [0.05, 0.1) is 15.4 Å². The van der Waals surface area contributed by atoms with Gasteiger partial charge in [-0.3, -0.25) is 4.79 Å². The number of nitrogens with zero attached hydrogens (tertiary/aromatic N) is 3. The lowest BCUT2D eigenvalue weighted by Crippen LogP contribution is -2.32. The van der Waals surface area contributed by atoms with Crippen LogP contribution in [0.4, 0.5) is 0 Å². The first-order valence-electron chi connectivity index (χ1n) is 6.94. The summed E-state index contributed by atoms with van der Waals surface area (Å²) in [5, 5.41) is 1.69. The molecule has 3 rings (SSSR count). The fraction of sp³-hybridized carbons (Fsp3) is 0.429. The molecule has 2 N–H and O–H groups in total. The van der Waals surface area contributed by atoms with Gasteiger partial charge in [-0.05, 0) is 61.6 Å². The highest BCUT2D eigenvalue weighted by molar-refractivity contribution is 14.1. The van der Waals surface area contributed by atoms with Crippen LogP contribution in [0, 0.1) is 3.70 Å². The Kier molecular flexibility index (Phi) is 4.55. The normalized spacial score (nSPS) is 17.3. The van der Waals surface area contributed by atoms with E-state index in [0.29, 0.717) is 27.1 Å². The van der Waals surface area contributed by atoms with E-state index in [9.17, 15) is 4.79 Å². The minimum Gasteiger partial charge on any atom is -0.364 e. The lowest BCUT2D eigenvalue weighted by Gasteiger charge is -2.30. The molecule has 22 heavy (non-hydrogen) atoms. The average Bonchev–Trinajstić information content (AvgIpc) is 2.72. The number of hydrogen-bond acceptors (Lipinski definition) is 3. The van der Waals surface area contributed by atoms with Crippen molar-refractivity contribution in [2.75, 3.05) is 20.1 Å². The predicted octanol–water partition coefficient (Wildman–Crippen LogP) is 3.31. The number of primary amides is 1. The van der Waals surface area contributed by atoms with Gasteiger partial charge < -0.3 is 15.2 Å². The molecule has 0 aliphatic carbocycles. The van der Waals surface area contributed by atoms with Gasteiger partial charge in [-0.15, -0.1) is 0 Å². The van der Waals surface area contributed by atoms with Crippen molar-refractivity contribution in [3.8, 4) is 0 Å². The summed E-state index contributed by atoms with van der Waals surface area (Å²) in [5.41, 5.74) is 6.16. The molecule has 1 aliphatic heterocycles. The zero-order chi connectivity index (χ0) is 16.0. The summed E-state index contributed by atoms with van der Waals surface area (Å²) in [6.45, 7) is 2.03. The molecule has 0 spiro atoms. The molecule has 0 aromatic carbocycles. The van der Waals surface area contributed by atoms with Gasteiger partial charge in [-0.2, -0.15) is 0 Å². The minimum absolute atomic E-state index is 0.164. The first-order valence-corrected chi connectivity index (χ1v) is 8.77. The van der Waals surface area contributed by atoms with Gasteiger partial charge in [0.25, 0.3) is 5.91 Å². The molecule has 3 heterocycles. The van der Waals surface area contributed by atoms with Crippen LogP contribution in [-0.2, 0) is 0 Å². The van der Waals surface area contributed by atoms with E-state index in [2.05, 4.69) is 44.1 Å². The molecule has 8 heteroatoms. The highest BCUT2D eigenvalue weighted by Crippen LogP contribution is 2.39. The van der Waals surface area contributed by atoms with Gasteiger partial charge in [0, 0.05) is 6.04 Å². The number of piperidine rings is 1. The third-order valence-electron chi connectivity index (χ3n) is 4.10. The number of fused-ring (bicyclic) bond motifs is 1. The molecule has 0 saturated carbocycles. The molecule has 1 amide bonds. The standard InChI is InChI=1S/C14H15Cl2IN4O/c1-20-4-2-7(3-5-20)21-12(17)11(16)10-8(15)6-9(13(18)22)19-14(10)21/h6-7H,2-5H2,1H3,(H2,18,22). The Hall–Kier alpha value is -0.570. The quantitative estimate of drug-likeness (QED) is 0.711. The van der Waals surface area contributed by atoms with Crippen molar-refractivity contribution in [1.82, 2.24) is 14.5 Å². The first-order chi connectivity index (χ1) is 10.4. The number of likely N-dealkylation sites (tertiary alicyclic amines) is 1. The zero-order valence-electron chi connectivity index (χ0n) is 11.9. The Morgan fingerprint density at radius 2 is 2.05 bits per heavy atom. The number of carbonyl (C=O) groups excluding carboxylic acids is 1. The SMILES string of the molecule is CN1CCC(n2c(I)c(Cl)c3c(Cl)cc(C(N)=O)nc32)CC1. The third-order valence-corrected chi connectivity index (χ3v) is 6.14. The molecular formula is C14H15Cl2IN4O. The highest BCUT2D eigenvalue weighted by Gasteiger charge is 2.26. The summed E-state index contributed by atoms with van der Waals surface area (Å²) in [4.78, 5) is 18.2. The molecule has 1 fully saturated rings. The van der Waals surface area contributed by atoms with Crippen LogP contribution in [0.5, 0.6) is 0 Å². The van der Waals surface area contributed by atoms with Crippen LogP contribution in [0.25, 0.3) is 11.0 Å². The monoisotopic (exact) mass is 452 g/mol. The maximum Gasteiger partial charge on any atom is 0.267 e. The number of halogens is 3. The zero-order valence-corrected chi connectivity index (χ0v) is 15.6. The molecule has 0 atom stereocenters. The van der Waals surface area contributed by atoms with Crippen molar-refractivity contribution < 1.29 is 4.79 Å². The molecule has 5 nitrogen and oxygen atoms in total. The average molecular weight is 453 g/mol. The topological polar surface area (TPSA) is 64.2 Å². The van der Waals surface area contributed by atoms with Gasteiger partial charge >= 0.3 is 0 Å². The van der Waals surface area contributed by atoms with Gasteiger partial charge in [0.1, 0.15) is 15.0 Å². The van der Waals surface area contributed by atoms with Crippen molar-refractivity contribution in [3.05, 3.63) is 25.5 Å². The van der Waals surface area contributed by atoms with Crippen LogP contribution in [-0.4, -0.2) is 40.5 Å². The molecule has 2 aromatic rings. The van der Waals surface area contributed by atoms with Crippen molar-refractivity contribution in [1.29, 1.82) is 0 Å². The van der Waals surface area contributed by atoms with Gasteiger partial charge in [-0.1, -0.05) is 23.2 Å². The molecule has 2 aromatic heterocycles. The van der Waals surface area contributed by atoms with Crippen LogP contribution < -0.4 is 5.73 Å². The highest BCUT2D eigenvalue weighted by atomic mass is 127. The lowest BCUT2D eigenvalue weighted by atomic mass is 10.1. The van der Waals surface area contributed by atoms with E-state index in [0.717, 1.165) is 29.6 Å². The molecule has 1 aliphatic rings. The van der Waals surface area contributed by atoms with E-state index in [4.69, 9.17) is 28.9 Å². The summed E-state index contributed by atoms with van der Waals surface area (Å²) >= 11 is 15.0. The van der Waals surface area contributed by atoms with Crippen LogP contribution in [0.15, 0.2) is 6.07 Å². The van der Waals surface area contributed by atoms with E-state index in [1.807, 2.05) is 0 Å². The van der Waals surface area contributed by atoms with Crippen LogP contribution >= 0.6 is 45.8 Å². The smallest absolute Gasteiger partial charge is 0.267 e. The number of rotatable bonds is 2. The predicted molar refractivity (Wildman–Crippen MR) is 96.8 cm³/mol. The van der Waals surface area contributed by atoms with E-state index in [1.54, 1.807) is 0 Å². The number of amides is 1.